The number of hydrogen-bond acceptors (Lipinski definition) is 13. The summed E-state index contributed by atoms with van der Waals surface area (Å²) in [7, 11) is 0. The van der Waals surface area contributed by atoms with E-state index in [1.807, 2.05) is 60.7 Å². The van der Waals surface area contributed by atoms with Crippen molar-refractivity contribution in [1.82, 2.24) is 44.7 Å². The van der Waals surface area contributed by atoms with Crippen LogP contribution >= 0.6 is 0 Å². The van der Waals surface area contributed by atoms with E-state index in [9.17, 15) is 19.2 Å². The summed E-state index contributed by atoms with van der Waals surface area (Å²) in [6.07, 6.45) is 5.07. The molecule has 330 valence electrons. The highest BCUT2D eigenvalue weighted by atomic mass is 16.5. The summed E-state index contributed by atoms with van der Waals surface area (Å²) < 4.78 is 8.12. The second-order valence-electron chi connectivity index (χ2n) is 18.7. The van der Waals surface area contributed by atoms with Crippen LogP contribution in [0.15, 0.2) is 79.1 Å². The number of nitrogens with zero attached hydrogens (tertiary/aromatic N) is 9. The molecule has 2 atom stereocenters. The highest BCUT2D eigenvalue weighted by Crippen LogP contribution is 2.37. The Hall–Kier alpha value is -6.23. The van der Waals surface area contributed by atoms with E-state index < -0.39 is 23.8 Å². The predicted octanol–water partition coefficient (Wildman–Crippen LogP) is 4.30. The molecule has 5 fully saturated rings. The Kier molecular flexibility index (Phi) is 10.6. The van der Waals surface area contributed by atoms with Gasteiger partial charge in [-0.15, -0.1) is 0 Å². The summed E-state index contributed by atoms with van der Waals surface area (Å²) in [6, 6.07) is 22.4. The van der Waals surface area contributed by atoms with Gasteiger partial charge in [0, 0.05) is 89.0 Å². The number of piperidine rings is 2. The van der Waals surface area contributed by atoms with Gasteiger partial charge in [-0.1, -0.05) is 18.2 Å². The SMILES string of the molecule is Nc1ncnc2c1c(-c1ccc(Oc3ccccc3)cc1)nn2C1CCN(C[C@@H]2CCN(CC3CN(CC4CN(c5ccc6c(c5)C(=O)N(C5CCC(=O)NC5=O)C6=O)C4)C3)C2)CC1. The number of para-hydroxylation sites is 1. The van der Waals surface area contributed by atoms with E-state index in [1.54, 1.807) is 12.1 Å². The van der Waals surface area contributed by atoms with Crippen LogP contribution in [0.3, 0.4) is 0 Å². The molecule has 4 amide bonds. The Bertz CT molecular complexity index is 2600. The summed E-state index contributed by atoms with van der Waals surface area (Å²) in [5.41, 5.74) is 10.6. The molecular weight excluding hydrogens is 811 g/mol. The number of amides is 4. The Morgan fingerprint density at radius 3 is 2.16 bits per heavy atom. The standard InChI is InChI=1S/C48H53N11O5/c49-44-42-43(33-6-9-37(10-7-33)64-36-4-2-1-3-5-36)53-59(45(42)51-29-50-44)34-15-18-54(19-16-34)21-30-14-17-55(22-30)23-31-24-56(25-31)26-32-27-57(28-32)35-8-11-38-39(20-35)48(63)58(47(38)62)40-12-13-41(60)52-46(40)61/h1-11,20,29-32,34,40H,12-19,21-28H2,(H2,49,50,51)(H,52,60,61)/t30-,40?/m0/s1. The number of rotatable bonds is 12. The van der Waals surface area contributed by atoms with Crippen molar-refractivity contribution in [3.05, 3.63) is 90.3 Å². The fourth-order valence-electron chi connectivity index (χ4n) is 10.9. The van der Waals surface area contributed by atoms with Gasteiger partial charge in [0.15, 0.2) is 5.65 Å². The van der Waals surface area contributed by atoms with Crippen LogP contribution in [-0.4, -0.2) is 141 Å². The molecular formula is C48H53N11O5. The fourth-order valence-corrected chi connectivity index (χ4v) is 10.9. The maximum absolute atomic E-state index is 13.3. The molecule has 0 spiro atoms. The Balaban J connectivity index is 0.615. The lowest BCUT2D eigenvalue weighted by molar-refractivity contribution is -0.136. The average molecular weight is 864 g/mol. The fraction of sp³-hybridized carbons (Fsp3) is 0.438. The third kappa shape index (κ3) is 7.77. The van der Waals surface area contributed by atoms with Gasteiger partial charge in [0.2, 0.25) is 11.8 Å². The van der Waals surface area contributed by atoms with Gasteiger partial charge in [-0.3, -0.25) is 29.4 Å². The number of anilines is 2. The molecule has 11 rings (SSSR count). The van der Waals surface area contributed by atoms with Crippen molar-refractivity contribution in [1.29, 1.82) is 0 Å². The first-order valence-electron chi connectivity index (χ1n) is 22.8. The minimum Gasteiger partial charge on any atom is -0.457 e. The average Bonchev–Trinajstić information content (AvgIpc) is 3.96. The summed E-state index contributed by atoms with van der Waals surface area (Å²) in [5.74, 6) is 2.05. The van der Waals surface area contributed by atoms with Gasteiger partial charge < -0.3 is 30.1 Å². The molecule has 0 radical (unpaired) electrons. The summed E-state index contributed by atoms with van der Waals surface area (Å²) in [4.78, 5) is 70.7. The maximum atomic E-state index is 13.3. The van der Waals surface area contributed by atoms with Crippen molar-refractivity contribution >= 4 is 46.2 Å². The number of nitrogens with two attached hydrogens (primary N) is 1. The van der Waals surface area contributed by atoms with Gasteiger partial charge in [0.25, 0.3) is 11.8 Å². The van der Waals surface area contributed by atoms with Gasteiger partial charge >= 0.3 is 0 Å². The van der Waals surface area contributed by atoms with Crippen LogP contribution in [0.25, 0.3) is 22.3 Å². The number of aromatic nitrogens is 4. The number of nitrogen functional groups attached to an aromatic ring is 1. The van der Waals surface area contributed by atoms with Crippen molar-refractivity contribution in [2.75, 3.05) is 82.6 Å². The number of hydrogen-bond donors (Lipinski definition) is 2. The number of ether oxygens (including phenoxy) is 1. The predicted molar refractivity (Wildman–Crippen MR) is 240 cm³/mol. The second-order valence-corrected chi connectivity index (χ2v) is 18.7. The number of likely N-dealkylation sites (tertiary alicyclic amines) is 3. The molecule has 0 aliphatic carbocycles. The molecule has 6 aliphatic heterocycles. The number of carbonyl (C=O) groups is 4. The maximum Gasteiger partial charge on any atom is 0.262 e. The van der Waals surface area contributed by atoms with Gasteiger partial charge in [-0.05, 0) is 98.7 Å². The van der Waals surface area contributed by atoms with E-state index in [0.29, 0.717) is 34.7 Å². The third-order valence-electron chi connectivity index (χ3n) is 14.2. The van der Waals surface area contributed by atoms with E-state index >= 15 is 0 Å². The largest absolute Gasteiger partial charge is 0.457 e. The van der Waals surface area contributed by atoms with Crippen LogP contribution in [0.4, 0.5) is 11.5 Å². The van der Waals surface area contributed by atoms with Gasteiger partial charge in [-0.25, -0.2) is 14.6 Å². The van der Waals surface area contributed by atoms with Crippen LogP contribution in [0.2, 0.25) is 0 Å². The first-order valence-corrected chi connectivity index (χ1v) is 22.8. The topological polar surface area (TPSA) is 175 Å². The third-order valence-corrected chi connectivity index (χ3v) is 14.2. The lowest BCUT2D eigenvalue weighted by Gasteiger charge is -2.48. The first-order chi connectivity index (χ1) is 31.2. The van der Waals surface area contributed by atoms with Crippen LogP contribution in [0.5, 0.6) is 11.5 Å². The number of fused-ring (bicyclic) bond motifs is 2. The summed E-state index contributed by atoms with van der Waals surface area (Å²) >= 11 is 0. The quantitative estimate of drug-likeness (QED) is 0.170. The highest BCUT2D eigenvalue weighted by molar-refractivity contribution is 6.23. The monoisotopic (exact) mass is 863 g/mol. The number of nitrogens with one attached hydrogen (secondary N) is 1. The molecule has 2 aromatic heterocycles. The van der Waals surface area contributed by atoms with Crippen LogP contribution < -0.4 is 20.7 Å². The van der Waals surface area contributed by atoms with Gasteiger partial charge in [0.05, 0.1) is 22.6 Å². The molecule has 0 saturated carbocycles. The smallest absolute Gasteiger partial charge is 0.262 e. The number of carbonyl (C=O) groups excluding carboxylic acids is 4. The van der Waals surface area contributed by atoms with Crippen molar-refractivity contribution in [2.45, 2.75) is 44.2 Å². The minimum atomic E-state index is -0.953. The first kappa shape index (κ1) is 40.5. The zero-order valence-corrected chi connectivity index (χ0v) is 35.8. The lowest BCUT2D eigenvalue weighted by Crippen LogP contribution is -2.57. The van der Waals surface area contributed by atoms with E-state index in [1.165, 1.54) is 32.4 Å². The van der Waals surface area contributed by atoms with Crippen molar-refractivity contribution in [2.24, 2.45) is 17.8 Å². The normalized spacial score (nSPS) is 22.9. The Morgan fingerprint density at radius 2 is 1.38 bits per heavy atom. The molecule has 3 N–H and O–H groups in total. The van der Waals surface area contributed by atoms with Gasteiger partial charge in [0.1, 0.15) is 35.4 Å². The molecule has 0 bridgehead atoms. The van der Waals surface area contributed by atoms with Crippen LogP contribution in [0.1, 0.15) is 58.9 Å². The molecule has 1 unspecified atom stereocenters. The molecule has 64 heavy (non-hydrogen) atoms. The van der Waals surface area contributed by atoms with Crippen molar-refractivity contribution in [3.8, 4) is 22.8 Å². The molecule has 6 aliphatic rings. The Morgan fingerprint density at radius 1 is 0.688 bits per heavy atom. The van der Waals surface area contributed by atoms with E-state index in [2.05, 4.69) is 39.6 Å². The van der Waals surface area contributed by atoms with Gasteiger partial charge in [-0.2, -0.15) is 5.10 Å². The molecule has 16 nitrogen and oxygen atoms in total. The molecule has 8 heterocycles. The van der Waals surface area contributed by atoms with E-state index in [0.717, 1.165) is 110 Å². The lowest BCUT2D eigenvalue weighted by atomic mass is 9.93. The molecule has 5 saturated heterocycles. The highest BCUT2D eigenvalue weighted by Gasteiger charge is 2.45. The zero-order valence-electron chi connectivity index (χ0n) is 35.8. The van der Waals surface area contributed by atoms with Crippen LogP contribution in [0, 0.1) is 17.8 Å². The van der Waals surface area contributed by atoms with Crippen molar-refractivity contribution in [3.63, 3.8) is 0 Å². The Labute approximate surface area is 371 Å². The van der Waals surface area contributed by atoms with Crippen molar-refractivity contribution < 1.29 is 23.9 Å². The molecule has 16 heteroatoms. The minimum absolute atomic E-state index is 0.107. The zero-order chi connectivity index (χ0) is 43.5. The molecule has 3 aromatic carbocycles. The summed E-state index contributed by atoms with van der Waals surface area (Å²) in [5, 5.41) is 8.19. The summed E-state index contributed by atoms with van der Waals surface area (Å²) in [6.45, 7) is 11.9. The molecule has 5 aromatic rings. The van der Waals surface area contributed by atoms with Crippen LogP contribution in [-0.2, 0) is 9.59 Å². The number of benzene rings is 3. The van der Waals surface area contributed by atoms with E-state index in [-0.39, 0.29) is 24.8 Å². The number of imide groups is 2. The second kappa shape index (κ2) is 16.7. The van der Waals surface area contributed by atoms with E-state index in [4.69, 9.17) is 15.6 Å².